The molecule has 1 saturated heterocycles. The van der Waals surface area contributed by atoms with Gasteiger partial charge in [0, 0.05) is 25.5 Å². The first-order valence-corrected chi connectivity index (χ1v) is 6.42. The van der Waals surface area contributed by atoms with Crippen molar-refractivity contribution in [3.05, 3.63) is 24.0 Å². The molecule has 1 aliphatic rings. The van der Waals surface area contributed by atoms with E-state index in [1.165, 1.54) is 12.8 Å². The van der Waals surface area contributed by atoms with Crippen molar-refractivity contribution in [1.82, 2.24) is 15.6 Å². The van der Waals surface area contributed by atoms with Gasteiger partial charge >= 0.3 is 0 Å². The number of rotatable bonds is 4. The monoisotopic (exact) mass is 248 g/mol. The number of pyridine rings is 1. The van der Waals surface area contributed by atoms with Crippen molar-refractivity contribution in [2.24, 2.45) is 5.92 Å². The Bertz CT molecular complexity index is 402. The van der Waals surface area contributed by atoms with Crippen LogP contribution in [0.3, 0.4) is 0 Å². The van der Waals surface area contributed by atoms with E-state index in [4.69, 9.17) is 0 Å². The van der Waals surface area contributed by atoms with E-state index < -0.39 is 0 Å². The van der Waals surface area contributed by atoms with Crippen LogP contribution in [-0.2, 0) is 0 Å². The molecule has 98 valence electrons. The van der Waals surface area contributed by atoms with Gasteiger partial charge in [0.25, 0.3) is 5.91 Å². The first kappa shape index (κ1) is 12.8. The van der Waals surface area contributed by atoms with Gasteiger partial charge in [-0.3, -0.25) is 9.78 Å². The van der Waals surface area contributed by atoms with E-state index in [0.29, 0.717) is 11.6 Å². The SMILES string of the molecule is CNC(=O)c1cc(NCC2CCCNC2)ccn1. The van der Waals surface area contributed by atoms with Crippen LogP contribution in [0.25, 0.3) is 0 Å². The molecule has 0 bridgehead atoms. The molecule has 2 rings (SSSR count). The normalized spacial score (nSPS) is 19.3. The molecule has 1 amide bonds. The van der Waals surface area contributed by atoms with Gasteiger partial charge in [-0.2, -0.15) is 0 Å². The second kappa shape index (κ2) is 6.35. The highest BCUT2D eigenvalue weighted by atomic mass is 16.1. The lowest BCUT2D eigenvalue weighted by Gasteiger charge is -2.23. The Labute approximate surface area is 107 Å². The third-order valence-electron chi connectivity index (χ3n) is 3.21. The molecule has 0 spiro atoms. The molecule has 1 aromatic rings. The summed E-state index contributed by atoms with van der Waals surface area (Å²) in [7, 11) is 1.61. The summed E-state index contributed by atoms with van der Waals surface area (Å²) in [6, 6.07) is 3.68. The van der Waals surface area contributed by atoms with Gasteiger partial charge < -0.3 is 16.0 Å². The molecular weight excluding hydrogens is 228 g/mol. The van der Waals surface area contributed by atoms with Gasteiger partial charge in [0.2, 0.25) is 0 Å². The van der Waals surface area contributed by atoms with Crippen LogP contribution in [0, 0.1) is 5.92 Å². The number of piperidine rings is 1. The highest BCUT2D eigenvalue weighted by molar-refractivity contribution is 5.92. The van der Waals surface area contributed by atoms with E-state index in [2.05, 4.69) is 20.9 Å². The van der Waals surface area contributed by atoms with E-state index >= 15 is 0 Å². The molecule has 1 atom stereocenters. The van der Waals surface area contributed by atoms with Gasteiger partial charge in [-0.25, -0.2) is 0 Å². The van der Waals surface area contributed by atoms with Crippen molar-refractivity contribution < 1.29 is 4.79 Å². The molecule has 5 heteroatoms. The maximum Gasteiger partial charge on any atom is 0.269 e. The van der Waals surface area contributed by atoms with Crippen LogP contribution in [0.15, 0.2) is 18.3 Å². The fourth-order valence-electron chi connectivity index (χ4n) is 2.15. The molecule has 3 N–H and O–H groups in total. The summed E-state index contributed by atoms with van der Waals surface area (Å²) in [6.07, 6.45) is 4.16. The summed E-state index contributed by atoms with van der Waals surface area (Å²) in [5.41, 5.74) is 1.40. The van der Waals surface area contributed by atoms with Crippen molar-refractivity contribution in [2.45, 2.75) is 12.8 Å². The number of hydrogen-bond acceptors (Lipinski definition) is 4. The smallest absolute Gasteiger partial charge is 0.269 e. The molecule has 0 aromatic carbocycles. The zero-order valence-corrected chi connectivity index (χ0v) is 10.7. The van der Waals surface area contributed by atoms with Crippen LogP contribution >= 0.6 is 0 Å². The minimum Gasteiger partial charge on any atom is -0.385 e. The summed E-state index contributed by atoms with van der Waals surface area (Å²) in [5.74, 6) is 0.508. The number of aromatic nitrogens is 1. The Morgan fingerprint density at radius 3 is 3.22 bits per heavy atom. The second-order valence-electron chi connectivity index (χ2n) is 4.60. The Hall–Kier alpha value is -1.62. The summed E-state index contributed by atoms with van der Waals surface area (Å²) in [4.78, 5) is 15.5. The average Bonchev–Trinajstić information content (AvgIpc) is 2.45. The van der Waals surface area contributed by atoms with E-state index in [9.17, 15) is 4.79 Å². The lowest BCUT2D eigenvalue weighted by atomic mass is 10.00. The summed E-state index contributed by atoms with van der Waals surface area (Å²) in [6.45, 7) is 3.14. The molecule has 1 aromatic heterocycles. The Kier molecular flexibility index (Phi) is 4.52. The zero-order chi connectivity index (χ0) is 12.8. The molecule has 0 aliphatic carbocycles. The van der Waals surface area contributed by atoms with E-state index in [1.807, 2.05) is 6.07 Å². The number of amides is 1. The van der Waals surface area contributed by atoms with Gasteiger partial charge in [0.15, 0.2) is 0 Å². The number of nitrogens with zero attached hydrogens (tertiary/aromatic N) is 1. The third kappa shape index (κ3) is 3.43. The van der Waals surface area contributed by atoms with E-state index in [-0.39, 0.29) is 5.91 Å². The molecule has 1 unspecified atom stereocenters. The van der Waals surface area contributed by atoms with Crippen molar-refractivity contribution in [1.29, 1.82) is 0 Å². The van der Waals surface area contributed by atoms with Gasteiger partial charge in [0.05, 0.1) is 0 Å². The highest BCUT2D eigenvalue weighted by Gasteiger charge is 2.12. The van der Waals surface area contributed by atoms with Crippen molar-refractivity contribution in [3.8, 4) is 0 Å². The van der Waals surface area contributed by atoms with Crippen LogP contribution < -0.4 is 16.0 Å². The van der Waals surface area contributed by atoms with Gasteiger partial charge in [-0.15, -0.1) is 0 Å². The summed E-state index contributed by atoms with van der Waals surface area (Å²) >= 11 is 0. The molecule has 1 aliphatic heterocycles. The van der Waals surface area contributed by atoms with Crippen molar-refractivity contribution >= 4 is 11.6 Å². The number of anilines is 1. The van der Waals surface area contributed by atoms with E-state index in [1.54, 1.807) is 19.3 Å². The topological polar surface area (TPSA) is 66.1 Å². The lowest BCUT2D eigenvalue weighted by Crippen LogP contribution is -2.33. The lowest BCUT2D eigenvalue weighted by molar-refractivity contribution is 0.0958. The minimum atomic E-state index is -0.155. The van der Waals surface area contributed by atoms with Gasteiger partial charge in [-0.05, 0) is 44.0 Å². The number of carbonyl (C=O) groups is 1. The molecule has 1 fully saturated rings. The number of nitrogens with one attached hydrogen (secondary N) is 3. The largest absolute Gasteiger partial charge is 0.385 e. The fourth-order valence-corrected chi connectivity index (χ4v) is 2.15. The van der Waals surface area contributed by atoms with Crippen LogP contribution in [-0.4, -0.2) is 37.6 Å². The van der Waals surface area contributed by atoms with Gasteiger partial charge in [-0.1, -0.05) is 0 Å². The highest BCUT2D eigenvalue weighted by Crippen LogP contribution is 2.13. The molecule has 5 nitrogen and oxygen atoms in total. The predicted octanol–water partition coefficient (Wildman–Crippen LogP) is 0.853. The number of carbonyl (C=O) groups excluding carboxylic acids is 1. The zero-order valence-electron chi connectivity index (χ0n) is 10.7. The molecular formula is C13H20N4O. The number of hydrogen-bond donors (Lipinski definition) is 3. The van der Waals surface area contributed by atoms with Crippen molar-refractivity contribution in [3.63, 3.8) is 0 Å². The molecule has 18 heavy (non-hydrogen) atoms. The Morgan fingerprint density at radius 1 is 1.61 bits per heavy atom. The summed E-state index contributed by atoms with van der Waals surface area (Å²) < 4.78 is 0. The Balaban J connectivity index is 1.90. The molecule has 0 saturated carbocycles. The maximum atomic E-state index is 11.5. The second-order valence-corrected chi connectivity index (χ2v) is 4.60. The standard InChI is InChI=1S/C13H20N4O/c1-14-13(18)12-7-11(4-6-16-12)17-9-10-3-2-5-15-8-10/h4,6-7,10,15H,2-3,5,8-9H2,1H3,(H,14,18)(H,16,17). The van der Waals surface area contributed by atoms with Crippen LogP contribution in [0.2, 0.25) is 0 Å². The van der Waals surface area contributed by atoms with E-state index in [0.717, 1.165) is 25.3 Å². The minimum absolute atomic E-state index is 0.155. The molecule has 2 heterocycles. The summed E-state index contributed by atoms with van der Waals surface area (Å²) in [5, 5.41) is 9.34. The third-order valence-corrected chi connectivity index (χ3v) is 3.21. The van der Waals surface area contributed by atoms with Crippen LogP contribution in [0.4, 0.5) is 5.69 Å². The first-order valence-electron chi connectivity index (χ1n) is 6.42. The Morgan fingerprint density at radius 2 is 2.50 bits per heavy atom. The first-order chi connectivity index (χ1) is 8.79. The maximum absolute atomic E-state index is 11.5. The quantitative estimate of drug-likeness (QED) is 0.739. The van der Waals surface area contributed by atoms with Crippen LogP contribution in [0.1, 0.15) is 23.3 Å². The molecule has 0 radical (unpaired) electrons. The van der Waals surface area contributed by atoms with Crippen LogP contribution in [0.5, 0.6) is 0 Å². The van der Waals surface area contributed by atoms with Gasteiger partial charge in [0.1, 0.15) is 5.69 Å². The fraction of sp³-hybridized carbons (Fsp3) is 0.538. The average molecular weight is 248 g/mol. The predicted molar refractivity (Wildman–Crippen MR) is 71.7 cm³/mol. The van der Waals surface area contributed by atoms with Crippen molar-refractivity contribution in [2.75, 3.05) is 32.0 Å².